The van der Waals surface area contributed by atoms with Gasteiger partial charge in [-0.25, -0.2) is 4.39 Å². The molecule has 9 heteroatoms. The van der Waals surface area contributed by atoms with Crippen LogP contribution in [-0.2, 0) is 21.5 Å². The van der Waals surface area contributed by atoms with Gasteiger partial charge in [0.15, 0.2) is 0 Å². The van der Waals surface area contributed by atoms with Gasteiger partial charge >= 0.3 is 10.1 Å². The summed E-state index contributed by atoms with van der Waals surface area (Å²) in [5.41, 5.74) is 1.34. The minimum atomic E-state index is -4.12. The van der Waals surface area contributed by atoms with Crippen LogP contribution >= 0.6 is 0 Å². The molecule has 3 aromatic carbocycles. The van der Waals surface area contributed by atoms with Crippen LogP contribution in [0.4, 0.5) is 10.1 Å². The smallest absolute Gasteiger partial charge is 0.339 e. The summed E-state index contributed by atoms with van der Waals surface area (Å²) in [7, 11) is -4.12. The van der Waals surface area contributed by atoms with E-state index in [9.17, 15) is 22.4 Å². The fraction of sp³-hybridized carbons (Fsp3) is 0.200. The van der Waals surface area contributed by atoms with E-state index in [1.165, 1.54) is 61.5 Å². The minimum absolute atomic E-state index is 0.0721. The van der Waals surface area contributed by atoms with Crippen molar-refractivity contribution in [2.45, 2.75) is 38.3 Å². The lowest BCUT2D eigenvalue weighted by Gasteiger charge is -2.27. The summed E-state index contributed by atoms with van der Waals surface area (Å²) < 4.78 is 44.3. The van der Waals surface area contributed by atoms with Crippen LogP contribution in [0.5, 0.6) is 5.75 Å². The normalized spacial score (nSPS) is 11.2. The van der Waals surface area contributed by atoms with Crippen molar-refractivity contribution < 1.29 is 26.6 Å². The molecular weight excluding hydrogens is 459 g/mol. The van der Waals surface area contributed by atoms with E-state index in [1.807, 2.05) is 13.8 Å². The second kappa shape index (κ2) is 10.5. The molecule has 0 spiro atoms. The Balaban J connectivity index is 1.78. The summed E-state index contributed by atoms with van der Waals surface area (Å²) in [6.07, 6.45) is 0. The molecule has 0 unspecified atom stereocenters. The lowest BCUT2D eigenvalue weighted by atomic mass is 10.1. The van der Waals surface area contributed by atoms with E-state index in [2.05, 4.69) is 5.32 Å². The Bertz CT molecular complexity index is 1290. The van der Waals surface area contributed by atoms with Crippen molar-refractivity contribution in [2.24, 2.45) is 0 Å². The van der Waals surface area contributed by atoms with Crippen LogP contribution < -0.4 is 9.50 Å². The van der Waals surface area contributed by atoms with Gasteiger partial charge in [-0.15, -0.1) is 0 Å². The molecule has 0 bridgehead atoms. The quantitative estimate of drug-likeness (QED) is 0.472. The maximum absolute atomic E-state index is 13.6. The van der Waals surface area contributed by atoms with Crippen LogP contribution in [0, 0.1) is 5.82 Å². The van der Waals surface area contributed by atoms with E-state index >= 15 is 0 Å². The molecule has 7 nitrogen and oxygen atoms in total. The third-order valence-electron chi connectivity index (χ3n) is 4.88. The molecule has 0 fully saturated rings. The highest BCUT2D eigenvalue weighted by Crippen LogP contribution is 2.23. The van der Waals surface area contributed by atoms with Crippen LogP contribution in [0.2, 0.25) is 0 Å². The summed E-state index contributed by atoms with van der Waals surface area (Å²) in [6.45, 7) is 5.21. The molecule has 3 rings (SSSR count). The number of hydrogen-bond donors (Lipinski definition) is 1. The Labute approximate surface area is 198 Å². The Morgan fingerprint density at radius 1 is 1.00 bits per heavy atom. The molecule has 0 radical (unpaired) electrons. The summed E-state index contributed by atoms with van der Waals surface area (Å²) in [4.78, 5) is 25.6. The van der Waals surface area contributed by atoms with Crippen LogP contribution in [0.15, 0.2) is 77.7 Å². The molecule has 0 atom stereocenters. The zero-order valence-electron chi connectivity index (χ0n) is 19.0. The first-order valence-electron chi connectivity index (χ1n) is 10.5. The molecule has 178 valence electrons. The van der Waals surface area contributed by atoms with Crippen molar-refractivity contribution in [3.8, 4) is 5.75 Å². The highest BCUT2D eigenvalue weighted by Gasteiger charge is 2.21. The van der Waals surface area contributed by atoms with Gasteiger partial charge < -0.3 is 14.4 Å². The fourth-order valence-electron chi connectivity index (χ4n) is 3.25. The SMILES string of the molecule is CC(=O)Nc1ccc(S(=O)(=O)Oc2cccc(CN(C(=O)c3cccc(F)c3)C(C)C)c2)cc1. The average molecular weight is 485 g/mol. The highest BCUT2D eigenvalue weighted by atomic mass is 32.2. The van der Waals surface area contributed by atoms with Gasteiger partial charge in [0, 0.05) is 30.8 Å². The molecule has 0 heterocycles. The van der Waals surface area contributed by atoms with E-state index in [0.717, 1.165) is 0 Å². The standard InChI is InChI=1S/C25H25FN2O5S/c1-17(2)28(25(30)20-7-5-8-21(26)15-20)16-19-6-4-9-23(14-19)33-34(31,32)24-12-10-22(11-13-24)27-18(3)29/h4-15,17H,16H2,1-3H3,(H,27,29). The number of nitrogens with one attached hydrogen (secondary N) is 1. The zero-order chi connectivity index (χ0) is 24.9. The van der Waals surface area contributed by atoms with Crippen LogP contribution in [-0.4, -0.2) is 31.2 Å². The van der Waals surface area contributed by atoms with Crippen molar-refractivity contribution in [2.75, 3.05) is 5.32 Å². The van der Waals surface area contributed by atoms with Gasteiger partial charge in [-0.2, -0.15) is 8.42 Å². The minimum Gasteiger partial charge on any atom is -0.379 e. The first kappa shape index (κ1) is 24.9. The van der Waals surface area contributed by atoms with E-state index in [-0.39, 0.29) is 40.6 Å². The summed E-state index contributed by atoms with van der Waals surface area (Å²) in [6, 6.07) is 17.3. The third-order valence-corrected chi connectivity index (χ3v) is 6.14. The third kappa shape index (κ3) is 6.41. The number of hydrogen-bond acceptors (Lipinski definition) is 5. The summed E-state index contributed by atoms with van der Waals surface area (Å²) in [5, 5.41) is 2.56. The maximum atomic E-state index is 13.6. The molecular formula is C25H25FN2O5S. The van der Waals surface area contributed by atoms with Crippen molar-refractivity contribution in [1.82, 2.24) is 4.90 Å². The lowest BCUT2D eigenvalue weighted by molar-refractivity contribution is -0.114. The summed E-state index contributed by atoms with van der Waals surface area (Å²) in [5.74, 6) is -1.02. The second-order valence-corrected chi connectivity index (χ2v) is 9.47. The number of halogens is 1. The zero-order valence-corrected chi connectivity index (χ0v) is 19.8. The number of benzene rings is 3. The van der Waals surface area contributed by atoms with Crippen molar-refractivity contribution in [3.63, 3.8) is 0 Å². The van der Waals surface area contributed by atoms with Crippen LogP contribution in [0.1, 0.15) is 36.7 Å². The average Bonchev–Trinajstić information content (AvgIpc) is 2.77. The van der Waals surface area contributed by atoms with Crippen molar-refractivity contribution in [1.29, 1.82) is 0 Å². The number of amides is 2. The van der Waals surface area contributed by atoms with Gasteiger partial charge in [-0.3, -0.25) is 9.59 Å². The Morgan fingerprint density at radius 3 is 2.29 bits per heavy atom. The molecule has 0 aliphatic heterocycles. The topological polar surface area (TPSA) is 92.8 Å². The Morgan fingerprint density at radius 2 is 1.68 bits per heavy atom. The fourth-order valence-corrected chi connectivity index (χ4v) is 4.17. The molecule has 1 N–H and O–H groups in total. The Hall–Kier alpha value is -3.72. The van der Waals surface area contributed by atoms with E-state index in [4.69, 9.17) is 4.18 Å². The highest BCUT2D eigenvalue weighted by molar-refractivity contribution is 7.87. The first-order chi connectivity index (χ1) is 16.0. The molecule has 34 heavy (non-hydrogen) atoms. The molecule has 0 saturated heterocycles. The van der Waals surface area contributed by atoms with Gasteiger partial charge in [0.2, 0.25) is 5.91 Å². The number of carbonyl (C=O) groups excluding carboxylic acids is 2. The molecule has 0 saturated carbocycles. The van der Waals surface area contributed by atoms with Crippen molar-refractivity contribution >= 4 is 27.6 Å². The van der Waals surface area contributed by atoms with Gasteiger partial charge in [0.1, 0.15) is 16.5 Å². The number of anilines is 1. The number of rotatable bonds is 8. The first-order valence-corrected chi connectivity index (χ1v) is 11.9. The molecule has 2 amide bonds. The van der Waals surface area contributed by atoms with E-state index < -0.39 is 15.9 Å². The lowest BCUT2D eigenvalue weighted by Crippen LogP contribution is -2.36. The predicted molar refractivity (Wildman–Crippen MR) is 126 cm³/mol. The second-order valence-electron chi connectivity index (χ2n) is 7.93. The molecule has 0 aromatic heterocycles. The molecule has 3 aromatic rings. The van der Waals surface area contributed by atoms with Crippen LogP contribution in [0.3, 0.4) is 0 Å². The number of nitrogens with zero attached hydrogens (tertiary/aromatic N) is 1. The van der Waals surface area contributed by atoms with Gasteiger partial charge in [0.25, 0.3) is 5.91 Å². The van der Waals surface area contributed by atoms with Crippen LogP contribution in [0.25, 0.3) is 0 Å². The van der Waals surface area contributed by atoms with Crippen molar-refractivity contribution in [3.05, 3.63) is 89.7 Å². The predicted octanol–water partition coefficient (Wildman–Crippen LogP) is 4.60. The summed E-state index contributed by atoms with van der Waals surface area (Å²) >= 11 is 0. The largest absolute Gasteiger partial charge is 0.379 e. The molecule has 0 aliphatic rings. The van der Waals surface area contributed by atoms with Gasteiger partial charge in [-0.1, -0.05) is 18.2 Å². The van der Waals surface area contributed by atoms with Gasteiger partial charge in [0.05, 0.1) is 0 Å². The van der Waals surface area contributed by atoms with E-state index in [1.54, 1.807) is 23.1 Å². The maximum Gasteiger partial charge on any atom is 0.339 e. The Kier molecular flexibility index (Phi) is 7.68. The van der Waals surface area contributed by atoms with E-state index in [0.29, 0.717) is 11.3 Å². The van der Waals surface area contributed by atoms with Gasteiger partial charge in [-0.05, 0) is 74.0 Å². The number of carbonyl (C=O) groups is 2. The molecule has 0 aliphatic carbocycles. The monoisotopic (exact) mass is 484 g/mol.